The van der Waals surface area contributed by atoms with Crippen LogP contribution in [-0.4, -0.2) is 19.1 Å². The number of carbonyl (C=O) groups is 1. The molecular weight excluding hydrogens is 214 g/mol. The van der Waals surface area contributed by atoms with Crippen LogP contribution in [0.2, 0.25) is 0 Å². The minimum atomic E-state index is -0.0754. The molecule has 1 aromatic rings. The average molecular weight is 233 g/mol. The van der Waals surface area contributed by atoms with Crippen molar-refractivity contribution in [3.8, 4) is 0 Å². The van der Waals surface area contributed by atoms with E-state index in [0.29, 0.717) is 6.61 Å². The molecule has 0 spiro atoms. The summed E-state index contributed by atoms with van der Waals surface area (Å²) < 4.78 is 5.15. The Morgan fingerprint density at radius 2 is 2.18 bits per heavy atom. The zero-order valence-corrected chi connectivity index (χ0v) is 10.2. The predicted molar refractivity (Wildman–Crippen MR) is 66.5 cm³/mol. The van der Waals surface area contributed by atoms with Gasteiger partial charge in [-0.1, -0.05) is 30.3 Å². The van der Waals surface area contributed by atoms with Gasteiger partial charge in [0.05, 0.1) is 12.5 Å². The summed E-state index contributed by atoms with van der Waals surface area (Å²) in [4.78, 5) is 11.9. The highest BCUT2D eigenvalue weighted by atomic mass is 16.5. The molecule has 3 heteroatoms. The molecule has 1 aromatic carbocycles. The van der Waals surface area contributed by atoms with Gasteiger partial charge in [-0.15, -0.1) is 0 Å². The molecule has 1 fully saturated rings. The molecule has 1 N–H and O–H groups in total. The number of ether oxygens (including phenoxy) is 1. The molecule has 0 aliphatic carbocycles. The monoisotopic (exact) mass is 233 g/mol. The highest BCUT2D eigenvalue weighted by Crippen LogP contribution is 2.30. The number of nitrogens with one attached hydrogen (secondary N) is 1. The number of benzene rings is 1. The largest absolute Gasteiger partial charge is 0.466 e. The fourth-order valence-corrected chi connectivity index (χ4v) is 2.40. The normalized spacial score (nSPS) is 24.3. The first-order valence-electron chi connectivity index (χ1n) is 6.28. The molecule has 1 aliphatic heterocycles. The van der Waals surface area contributed by atoms with Crippen LogP contribution >= 0.6 is 0 Å². The third-order valence-corrected chi connectivity index (χ3v) is 3.21. The number of piperidine rings is 1. The van der Waals surface area contributed by atoms with E-state index in [1.807, 2.05) is 25.1 Å². The van der Waals surface area contributed by atoms with Crippen LogP contribution in [0.5, 0.6) is 0 Å². The van der Waals surface area contributed by atoms with Crippen molar-refractivity contribution in [3.05, 3.63) is 35.9 Å². The second-order valence-electron chi connectivity index (χ2n) is 4.34. The number of esters is 1. The summed E-state index contributed by atoms with van der Waals surface area (Å²) in [6.07, 6.45) is 1.94. The van der Waals surface area contributed by atoms with Crippen molar-refractivity contribution in [1.29, 1.82) is 0 Å². The molecule has 0 amide bonds. The number of hydrogen-bond donors (Lipinski definition) is 1. The lowest BCUT2D eigenvalue weighted by atomic mass is 9.86. The summed E-state index contributed by atoms with van der Waals surface area (Å²) in [6, 6.07) is 10.2. The van der Waals surface area contributed by atoms with Gasteiger partial charge in [-0.25, -0.2) is 0 Å². The van der Waals surface area contributed by atoms with Gasteiger partial charge in [0.15, 0.2) is 0 Å². The van der Waals surface area contributed by atoms with Gasteiger partial charge in [0.2, 0.25) is 0 Å². The summed E-state index contributed by atoms with van der Waals surface area (Å²) in [6.45, 7) is 3.28. The van der Waals surface area contributed by atoms with E-state index in [2.05, 4.69) is 17.4 Å². The quantitative estimate of drug-likeness (QED) is 0.814. The van der Waals surface area contributed by atoms with Crippen LogP contribution in [0, 0.1) is 5.92 Å². The highest BCUT2D eigenvalue weighted by molar-refractivity contribution is 5.73. The van der Waals surface area contributed by atoms with Crippen LogP contribution in [0.3, 0.4) is 0 Å². The summed E-state index contributed by atoms with van der Waals surface area (Å²) in [5, 5.41) is 3.42. The zero-order chi connectivity index (χ0) is 12.1. The summed E-state index contributed by atoms with van der Waals surface area (Å²) >= 11 is 0. The molecule has 0 unspecified atom stereocenters. The lowest BCUT2D eigenvalue weighted by molar-refractivity contribution is -0.150. The van der Waals surface area contributed by atoms with Crippen LogP contribution in [0.15, 0.2) is 30.3 Å². The Bertz CT molecular complexity index is 364. The fraction of sp³-hybridized carbons (Fsp3) is 0.500. The number of carbonyl (C=O) groups excluding carboxylic acids is 1. The van der Waals surface area contributed by atoms with E-state index in [4.69, 9.17) is 4.74 Å². The molecule has 2 atom stereocenters. The Hall–Kier alpha value is -1.35. The fourth-order valence-electron chi connectivity index (χ4n) is 2.40. The average Bonchev–Trinajstić information content (AvgIpc) is 2.40. The molecule has 2 rings (SSSR count). The van der Waals surface area contributed by atoms with Crippen LogP contribution in [0.4, 0.5) is 0 Å². The van der Waals surface area contributed by atoms with Crippen LogP contribution in [0.1, 0.15) is 31.4 Å². The molecule has 0 saturated carbocycles. The molecular formula is C14H19NO2. The molecule has 3 nitrogen and oxygen atoms in total. The van der Waals surface area contributed by atoms with Crippen molar-refractivity contribution in [2.75, 3.05) is 13.2 Å². The molecule has 92 valence electrons. The Morgan fingerprint density at radius 1 is 1.41 bits per heavy atom. The van der Waals surface area contributed by atoms with Gasteiger partial charge in [-0.2, -0.15) is 0 Å². The van der Waals surface area contributed by atoms with E-state index in [-0.39, 0.29) is 17.9 Å². The summed E-state index contributed by atoms with van der Waals surface area (Å²) in [5.74, 6) is -0.125. The Kier molecular flexibility index (Phi) is 4.15. The molecule has 17 heavy (non-hydrogen) atoms. The van der Waals surface area contributed by atoms with Gasteiger partial charge in [0, 0.05) is 6.04 Å². The maximum Gasteiger partial charge on any atom is 0.310 e. The standard InChI is InChI=1S/C14H19NO2/c1-2-17-14(16)12-9-6-10-15-13(12)11-7-4-3-5-8-11/h3-5,7-8,12-13,15H,2,6,9-10H2,1H3/t12-,13-/m0/s1. The first-order valence-corrected chi connectivity index (χ1v) is 6.28. The Balaban J connectivity index is 2.15. The van der Waals surface area contributed by atoms with E-state index in [1.54, 1.807) is 0 Å². The Morgan fingerprint density at radius 3 is 2.88 bits per heavy atom. The van der Waals surface area contributed by atoms with Crippen LogP contribution in [0.25, 0.3) is 0 Å². The second-order valence-corrected chi connectivity index (χ2v) is 4.34. The number of rotatable bonds is 3. The lowest BCUT2D eigenvalue weighted by Crippen LogP contribution is -2.39. The first-order chi connectivity index (χ1) is 8.33. The van der Waals surface area contributed by atoms with E-state index in [1.165, 1.54) is 5.56 Å². The SMILES string of the molecule is CCOC(=O)[C@H]1CCCN[C@H]1c1ccccc1. The van der Waals surface area contributed by atoms with E-state index in [9.17, 15) is 4.79 Å². The number of hydrogen-bond acceptors (Lipinski definition) is 3. The molecule has 0 bridgehead atoms. The van der Waals surface area contributed by atoms with Crippen molar-refractivity contribution >= 4 is 5.97 Å². The maximum absolute atomic E-state index is 11.9. The molecule has 1 saturated heterocycles. The molecule has 0 aromatic heterocycles. The molecule has 1 heterocycles. The van der Waals surface area contributed by atoms with Gasteiger partial charge < -0.3 is 10.1 Å². The van der Waals surface area contributed by atoms with Crippen LogP contribution < -0.4 is 5.32 Å². The third kappa shape index (κ3) is 2.86. The molecule has 1 aliphatic rings. The lowest BCUT2D eigenvalue weighted by Gasteiger charge is -2.31. The van der Waals surface area contributed by atoms with Gasteiger partial charge in [-0.3, -0.25) is 4.79 Å². The predicted octanol–water partition coefficient (Wildman–Crippen LogP) is 2.29. The van der Waals surface area contributed by atoms with Gasteiger partial charge in [-0.05, 0) is 31.9 Å². The smallest absolute Gasteiger partial charge is 0.310 e. The van der Waals surface area contributed by atoms with E-state index in [0.717, 1.165) is 19.4 Å². The topological polar surface area (TPSA) is 38.3 Å². The van der Waals surface area contributed by atoms with Gasteiger partial charge in [0.25, 0.3) is 0 Å². The highest BCUT2D eigenvalue weighted by Gasteiger charge is 2.32. The van der Waals surface area contributed by atoms with E-state index >= 15 is 0 Å². The van der Waals surface area contributed by atoms with Gasteiger partial charge in [0.1, 0.15) is 0 Å². The van der Waals surface area contributed by atoms with Crippen molar-refractivity contribution in [2.24, 2.45) is 5.92 Å². The van der Waals surface area contributed by atoms with Crippen molar-refractivity contribution in [1.82, 2.24) is 5.32 Å². The minimum absolute atomic E-state index is 0.0499. The van der Waals surface area contributed by atoms with Crippen LogP contribution in [-0.2, 0) is 9.53 Å². The summed E-state index contributed by atoms with van der Waals surface area (Å²) in [7, 11) is 0. The minimum Gasteiger partial charge on any atom is -0.466 e. The van der Waals surface area contributed by atoms with Crippen molar-refractivity contribution in [2.45, 2.75) is 25.8 Å². The van der Waals surface area contributed by atoms with Crippen molar-refractivity contribution in [3.63, 3.8) is 0 Å². The van der Waals surface area contributed by atoms with Crippen molar-refractivity contribution < 1.29 is 9.53 Å². The summed E-state index contributed by atoms with van der Waals surface area (Å²) in [5.41, 5.74) is 1.17. The maximum atomic E-state index is 11.9. The van der Waals surface area contributed by atoms with E-state index < -0.39 is 0 Å². The third-order valence-electron chi connectivity index (χ3n) is 3.21. The second kappa shape index (κ2) is 5.82. The first kappa shape index (κ1) is 12.1. The van der Waals surface area contributed by atoms with Gasteiger partial charge >= 0.3 is 5.97 Å². The Labute approximate surface area is 102 Å². The zero-order valence-electron chi connectivity index (χ0n) is 10.2. The molecule has 0 radical (unpaired) electrons.